The minimum Gasteiger partial charge on any atom is -0.497 e. The number of anilines is 2. The Balaban J connectivity index is 1.72. The van der Waals surface area contributed by atoms with Gasteiger partial charge in [-0.15, -0.1) is 0 Å². The van der Waals surface area contributed by atoms with Gasteiger partial charge in [0.15, 0.2) is 0 Å². The van der Waals surface area contributed by atoms with Crippen molar-refractivity contribution in [2.45, 2.75) is 24.3 Å². The minimum absolute atomic E-state index is 0.0596. The average Bonchev–Trinajstić information content (AvgIpc) is 3.13. The van der Waals surface area contributed by atoms with Gasteiger partial charge in [-0.3, -0.25) is 9.10 Å². The van der Waals surface area contributed by atoms with Crippen LogP contribution >= 0.6 is 11.6 Å². The van der Waals surface area contributed by atoms with E-state index in [-0.39, 0.29) is 23.4 Å². The van der Waals surface area contributed by atoms with Gasteiger partial charge in [0.2, 0.25) is 5.91 Å². The summed E-state index contributed by atoms with van der Waals surface area (Å²) in [5, 5.41) is 0.476. The number of benzene rings is 3. The third kappa shape index (κ3) is 4.18. The monoisotopic (exact) mass is 470 g/mol. The molecule has 3 aromatic carbocycles. The number of methoxy groups -OCH3 is 1. The fourth-order valence-corrected chi connectivity index (χ4v) is 5.48. The molecule has 0 saturated carbocycles. The van der Waals surface area contributed by atoms with Crippen LogP contribution in [0.25, 0.3) is 0 Å². The van der Waals surface area contributed by atoms with Crippen molar-refractivity contribution < 1.29 is 17.9 Å². The van der Waals surface area contributed by atoms with E-state index < -0.39 is 10.0 Å². The first kappa shape index (κ1) is 22.2. The maximum Gasteiger partial charge on any atom is 0.264 e. The number of fused-ring (bicyclic) bond motifs is 1. The van der Waals surface area contributed by atoms with Gasteiger partial charge in [0.25, 0.3) is 10.0 Å². The highest BCUT2D eigenvalue weighted by atomic mass is 35.5. The predicted octanol–water partition coefficient (Wildman–Crippen LogP) is 4.52. The molecular formula is C24H23ClN2O4S. The summed E-state index contributed by atoms with van der Waals surface area (Å²) in [5.74, 6) is 0.245. The van der Waals surface area contributed by atoms with Crippen molar-refractivity contribution in [2.75, 3.05) is 22.9 Å². The molecule has 0 N–H and O–H groups in total. The molecular weight excluding hydrogens is 448 g/mol. The van der Waals surface area contributed by atoms with E-state index >= 15 is 0 Å². The van der Waals surface area contributed by atoms with Gasteiger partial charge in [0, 0.05) is 16.8 Å². The largest absolute Gasteiger partial charge is 0.497 e. The summed E-state index contributed by atoms with van der Waals surface area (Å²) in [6.07, 6.45) is 0.730. The standard InChI is InChI=1S/C24H23ClN2O4S/c1-17-15-18-5-3-4-6-23(18)27(17)24(28)16-26(20-9-7-19(25)8-10-20)32(29,30)22-13-11-21(31-2)12-14-22/h3-14,17H,15-16H2,1-2H3/t17-/m0/s1. The molecule has 0 aliphatic carbocycles. The fraction of sp³-hybridized carbons (Fsp3) is 0.208. The molecule has 4 rings (SSSR count). The minimum atomic E-state index is -4.02. The highest BCUT2D eigenvalue weighted by molar-refractivity contribution is 7.92. The number of nitrogens with zero attached hydrogens (tertiary/aromatic N) is 2. The number of hydrogen-bond donors (Lipinski definition) is 0. The molecule has 3 aromatic rings. The molecule has 8 heteroatoms. The van der Waals surface area contributed by atoms with Gasteiger partial charge in [-0.25, -0.2) is 8.42 Å². The van der Waals surface area contributed by atoms with Crippen LogP contribution in [0.3, 0.4) is 0 Å². The third-order valence-corrected chi connectivity index (χ3v) is 7.56. The highest BCUT2D eigenvalue weighted by Crippen LogP contribution is 2.33. The van der Waals surface area contributed by atoms with E-state index in [1.807, 2.05) is 31.2 Å². The Bertz CT molecular complexity index is 1230. The molecule has 1 aliphatic heterocycles. The van der Waals surface area contributed by atoms with Crippen LogP contribution in [0.4, 0.5) is 11.4 Å². The second-order valence-electron chi connectivity index (χ2n) is 7.61. The van der Waals surface area contributed by atoms with Gasteiger partial charge >= 0.3 is 0 Å². The lowest BCUT2D eigenvalue weighted by molar-refractivity contribution is -0.117. The molecule has 0 unspecified atom stereocenters. The van der Waals surface area contributed by atoms with Crippen LogP contribution in [0.5, 0.6) is 5.75 Å². The van der Waals surface area contributed by atoms with Crippen molar-refractivity contribution in [3.05, 3.63) is 83.4 Å². The second-order valence-corrected chi connectivity index (χ2v) is 9.91. The summed E-state index contributed by atoms with van der Waals surface area (Å²) in [6, 6.07) is 20.1. The summed E-state index contributed by atoms with van der Waals surface area (Å²) < 4.78 is 33.4. The Morgan fingerprint density at radius 2 is 1.72 bits per heavy atom. The molecule has 0 aromatic heterocycles. The van der Waals surface area contributed by atoms with Gasteiger partial charge in [-0.1, -0.05) is 29.8 Å². The van der Waals surface area contributed by atoms with E-state index in [2.05, 4.69) is 0 Å². The summed E-state index contributed by atoms with van der Waals surface area (Å²) in [5.41, 5.74) is 2.26. The number of halogens is 1. The lowest BCUT2D eigenvalue weighted by Gasteiger charge is -2.29. The van der Waals surface area contributed by atoms with Crippen LogP contribution in [-0.4, -0.2) is 34.0 Å². The zero-order valence-electron chi connectivity index (χ0n) is 17.7. The quantitative estimate of drug-likeness (QED) is 0.531. The van der Waals surface area contributed by atoms with Crippen molar-refractivity contribution in [3.63, 3.8) is 0 Å². The van der Waals surface area contributed by atoms with E-state index in [0.29, 0.717) is 16.5 Å². The van der Waals surface area contributed by atoms with E-state index in [4.69, 9.17) is 16.3 Å². The number of sulfonamides is 1. The summed E-state index contributed by atoms with van der Waals surface area (Å²) in [7, 11) is -2.51. The molecule has 1 heterocycles. The SMILES string of the molecule is COc1ccc(S(=O)(=O)N(CC(=O)N2c3ccccc3C[C@@H]2C)c2ccc(Cl)cc2)cc1. The lowest BCUT2D eigenvalue weighted by atomic mass is 10.1. The number of ether oxygens (including phenoxy) is 1. The topological polar surface area (TPSA) is 66.9 Å². The van der Waals surface area contributed by atoms with E-state index in [9.17, 15) is 13.2 Å². The molecule has 1 aliphatic rings. The number of hydrogen-bond acceptors (Lipinski definition) is 4. The first-order valence-electron chi connectivity index (χ1n) is 10.1. The Labute approximate surface area is 193 Å². The smallest absolute Gasteiger partial charge is 0.264 e. The van der Waals surface area contributed by atoms with Crippen LogP contribution in [0, 0.1) is 0 Å². The Hall–Kier alpha value is -3.03. The summed E-state index contributed by atoms with van der Waals surface area (Å²) in [4.78, 5) is 15.2. The molecule has 0 fully saturated rings. The van der Waals surface area contributed by atoms with Crippen LogP contribution < -0.4 is 13.9 Å². The zero-order chi connectivity index (χ0) is 22.9. The molecule has 0 saturated heterocycles. The Kier molecular flexibility index (Phi) is 6.13. The van der Waals surface area contributed by atoms with Crippen molar-refractivity contribution >= 4 is 38.9 Å². The summed E-state index contributed by atoms with van der Waals surface area (Å²) in [6.45, 7) is 1.62. The fourth-order valence-electron chi connectivity index (χ4n) is 3.94. The van der Waals surface area contributed by atoms with Gasteiger partial charge in [0.1, 0.15) is 12.3 Å². The van der Waals surface area contributed by atoms with Crippen LogP contribution in [0.1, 0.15) is 12.5 Å². The average molecular weight is 471 g/mol. The first-order chi connectivity index (χ1) is 15.3. The van der Waals surface area contributed by atoms with Gasteiger partial charge in [-0.2, -0.15) is 0 Å². The van der Waals surface area contributed by atoms with Crippen molar-refractivity contribution in [3.8, 4) is 5.75 Å². The molecule has 0 spiro atoms. The highest BCUT2D eigenvalue weighted by Gasteiger charge is 2.34. The van der Waals surface area contributed by atoms with Crippen LogP contribution in [0.2, 0.25) is 5.02 Å². The number of para-hydroxylation sites is 1. The van der Waals surface area contributed by atoms with Crippen LogP contribution in [0.15, 0.2) is 77.7 Å². The second kappa shape index (κ2) is 8.84. The maximum absolute atomic E-state index is 13.6. The number of carbonyl (C=O) groups excluding carboxylic acids is 1. The number of carbonyl (C=O) groups is 1. The van der Waals surface area contributed by atoms with E-state index in [1.54, 1.807) is 41.3 Å². The van der Waals surface area contributed by atoms with Gasteiger partial charge < -0.3 is 9.64 Å². The van der Waals surface area contributed by atoms with Crippen molar-refractivity contribution in [1.29, 1.82) is 0 Å². The normalized spacial score (nSPS) is 15.3. The number of amides is 1. The molecule has 1 amide bonds. The van der Waals surface area contributed by atoms with Gasteiger partial charge in [0.05, 0.1) is 17.7 Å². The Morgan fingerprint density at radius 3 is 2.38 bits per heavy atom. The predicted molar refractivity (Wildman–Crippen MR) is 126 cm³/mol. The molecule has 1 atom stereocenters. The lowest BCUT2D eigenvalue weighted by Crippen LogP contribution is -2.45. The Morgan fingerprint density at radius 1 is 1.06 bits per heavy atom. The molecule has 6 nitrogen and oxygen atoms in total. The number of rotatable bonds is 6. The molecule has 0 bridgehead atoms. The molecule has 0 radical (unpaired) electrons. The molecule has 166 valence electrons. The zero-order valence-corrected chi connectivity index (χ0v) is 19.3. The van der Waals surface area contributed by atoms with E-state index in [1.165, 1.54) is 19.2 Å². The van der Waals surface area contributed by atoms with Gasteiger partial charge in [-0.05, 0) is 73.5 Å². The van der Waals surface area contributed by atoms with Crippen molar-refractivity contribution in [1.82, 2.24) is 0 Å². The van der Waals surface area contributed by atoms with Crippen LogP contribution in [-0.2, 0) is 21.2 Å². The maximum atomic E-state index is 13.6. The first-order valence-corrected chi connectivity index (χ1v) is 12.0. The van der Waals surface area contributed by atoms with E-state index in [0.717, 1.165) is 22.0 Å². The van der Waals surface area contributed by atoms with Crippen molar-refractivity contribution in [2.24, 2.45) is 0 Å². The molecule has 32 heavy (non-hydrogen) atoms. The third-order valence-electron chi connectivity index (χ3n) is 5.52. The summed E-state index contributed by atoms with van der Waals surface area (Å²) >= 11 is 6.01.